The van der Waals surface area contributed by atoms with Gasteiger partial charge in [-0.3, -0.25) is 14.5 Å². The van der Waals surface area contributed by atoms with E-state index >= 15 is 0 Å². The van der Waals surface area contributed by atoms with Gasteiger partial charge in [0.25, 0.3) is 0 Å². The van der Waals surface area contributed by atoms with Gasteiger partial charge in [-0.05, 0) is 24.6 Å². The van der Waals surface area contributed by atoms with E-state index in [1.165, 1.54) is 0 Å². The molecule has 1 aliphatic heterocycles. The summed E-state index contributed by atoms with van der Waals surface area (Å²) in [4.78, 5) is 24.8. The number of carboxylic acid groups (broad SMARTS) is 1. The Labute approximate surface area is 141 Å². The lowest BCUT2D eigenvalue weighted by molar-refractivity contribution is -0.143. The minimum atomic E-state index is -0.972. The van der Waals surface area contributed by atoms with E-state index in [1.807, 2.05) is 36.1 Å². The number of piperazine rings is 1. The zero-order valence-corrected chi connectivity index (χ0v) is 13.9. The summed E-state index contributed by atoms with van der Waals surface area (Å²) >= 11 is 0. The number of nitrogens with one attached hydrogen (secondary N) is 1. The van der Waals surface area contributed by atoms with Crippen molar-refractivity contribution in [3.05, 3.63) is 29.8 Å². The largest absolute Gasteiger partial charge is 0.491 e. The van der Waals surface area contributed by atoms with Crippen molar-refractivity contribution in [3.8, 4) is 5.75 Å². The molecule has 1 fully saturated rings. The second kappa shape index (κ2) is 9.24. The number of hydrogen-bond donors (Lipinski definition) is 2. The number of carboxylic acids is 1. The molecular formula is C17H24N2O5. The van der Waals surface area contributed by atoms with E-state index in [4.69, 9.17) is 14.6 Å². The van der Waals surface area contributed by atoms with Gasteiger partial charge in [-0.2, -0.15) is 0 Å². The minimum Gasteiger partial charge on any atom is -0.491 e. The summed E-state index contributed by atoms with van der Waals surface area (Å²) in [6.07, 6.45) is -0.190. The van der Waals surface area contributed by atoms with Crippen molar-refractivity contribution in [1.29, 1.82) is 0 Å². The van der Waals surface area contributed by atoms with E-state index in [2.05, 4.69) is 5.32 Å². The second-order valence-corrected chi connectivity index (χ2v) is 5.56. The summed E-state index contributed by atoms with van der Waals surface area (Å²) in [6, 6.07) is 6.98. The molecule has 0 radical (unpaired) electrons. The van der Waals surface area contributed by atoms with Crippen LogP contribution in [0.25, 0.3) is 0 Å². The average Bonchev–Trinajstić information content (AvgIpc) is 2.56. The van der Waals surface area contributed by atoms with Crippen molar-refractivity contribution in [2.24, 2.45) is 0 Å². The Balaban J connectivity index is 1.91. The van der Waals surface area contributed by atoms with Gasteiger partial charge >= 0.3 is 5.97 Å². The monoisotopic (exact) mass is 336 g/mol. The van der Waals surface area contributed by atoms with Crippen molar-refractivity contribution in [2.45, 2.75) is 25.9 Å². The van der Waals surface area contributed by atoms with Crippen LogP contribution in [0, 0.1) is 0 Å². The highest BCUT2D eigenvalue weighted by atomic mass is 16.5. The normalized spacial score (nSPS) is 18.2. The van der Waals surface area contributed by atoms with Crippen LogP contribution < -0.4 is 10.1 Å². The van der Waals surface area contributed by atoms with Crippen LogP contribution in [0.5, 0.6) is 5.75 Å². The number of amides is 1. The number of ether oxygens (including phenoxy) is 2. The van der Waals surface area contributed by atoms with Gasteiger partial charge < -0.3 is 19.9 Å². The van der Waals surface area contributed by atoms with Crippen molar-refractivity contribution in [2.75, 3.05) is 32.9 Å². The molecule has 0 aromatic heterocycles. The summed E-state index contributed by atoms with van der Waals surface area (Å²) in [5.41, 5.74) is 1.01. The fourth-order valence-electron chi connectivity index (χ4n) is 2.63. The summed E-state index contributed by atoms with van der Waals surface area (Å²) in [5, 5.41) is 11.7. The molecule has 1 aromatic rings. The molecule has 0 spiro atoms. The Morgan fingerprint density at radius 3 is 2.75 bits per heavy atom. The number of benzene rings is 1. The van der Waals surface area contributed by atoms with E-state index in [1.54, 1.807) is 0 Å². The number of nitrogens with zero attached hydrogens (tertiary/aromatic N) is 1. The van der Waals surface area contributed by atoms with E-state index in [0.29, 0.717) is 39.5 Å². The maximum absolute atomic E-state index is 11.9. The van der Waals surface area contributed by atoms with E-state index in [-0.39, 0.29) is 12.3 Å². The van der Waals surface area contributed by atoms with Gasteiger partial charge in [0.2, 0.25) is 5.91 Å². The highest BCUT2D eigenvalue weighted by Crippen LogP contribution is 2.17. The first-order valence-corrected chi connectivity index (χ1v) is 8.13. The highest BCUT2D eigenvalue weighted by Gasteiger charge is 2.31. The number of rotatable bonds is 9. The van der Waals surface area contributed by atoms with E-state index in [0.717, 1.165) is 11.3 Å². The molecular weight excluding hydrogens is 312 g/mol. The van der Waals surface area contributed by atoms with Gasteiger partial charge in [0, 0.05) is 26.2 Å². The maximum Gasteiger partial charge on any atom is 0.305 e. The molecule has 1 unspecified atom stereocenters. The van der Waals surface area contributed by atoms with Crippen LogP contribution in [-0.4, -0.2) is 60.8 Å². The van der Waals surface area contributed by atoms with Crippen molar-refractivity contribution in [3.63, 3.8) is 0 Å². The van der Waals surface area contributed by atoms with E-state index < -0.39 is 12.0 Å². The average molecular weight is 336 g/mol. The van der Waals surface area contributed by atoms with Crippen LogP contribution in [0.15, 0.2) is 24.3 Å². The van der Waals surface area contributed by atoms with Crippen molar-refractivity contribution >= 4 is 11.9 Å². The molecule has 132 valence electrons. The Bertz CT molecular complexity index is 546. The van der Waals surface area contributed by atoms with Crippen LogP contribution >= 0.6 is 0 Å². The number of aliphatic carboxylic acids is 1. The first-order chi connectivity index (χ1) is 11.6. The number of carbonyl (C=O) groups is 2. The molecule has 0 aliphatic carbocycles. The van der Waals surface area contributed by atoms with Gasteiger partial charge in [-0.25, -0.2) is 0 Å². The molecule has 0 bridgehead atoms. The Morgan fingerprint density at radius 2 is 2.08 bits per heavy atom. The molecule has 1 amide bonds. The first-order valence-electron chi connectivity index (χ1n) is 8.13. The molecule has 1 aromatic carbocycles. The van der Waals surface area contributed by atoms with Gasteiger partial charge in [0.05, 0.1) is 13.0 Å². The Morgan fingerprint density at radius 1 is 1.33 bits per heavy atom. The van der Waals surface area contributed by atoms with Crippen LogP contribution in [0.3, 0.4) is 0 Å². The van der Waals surface area contributed by atoms with Gasteiger partial charge in [-0.15, -0.1) is 0 Å². The summed E-state index contributed by atoms with van der Waals surface area (Å²) in [6.45, 7) is 5.36. The molecule has 24 heavy (non-hydrogen) atoms. The molecule has 1 aliphatic rings. The molecule has 1 saturated heterocycles. The third-order valence-corrected chi connectivity index (χ3v) is 3.82. The van der Waals surface area contributed by atoms with Crippen molar-refractivity contribution in [1.82, 2.24) is 10.2 Å². The van der Waals surface area contributed by atoms with Crippen LogP contribution in [0.4, 0.5) is 0 Å². The lowest BCUT2D eigenvalue weighted by Crippen LogP contribution is -2.55. The van der Waals surface area contributed by atoms with Gasteiger partial charge in [0.15, 0.2) is 0 Å². The maximum atomic E-state index is 11.9. The smallest absolute Gasteiger partial charge is 0.305 e. The van der Waals surface area contributed by atoms with E-state index in [9.17, 15) is 9.59 Å². The third kappa shape index (κ3) is 5.50. The van der Waals surface area contributed by atoms with Gasteiger partial charge in [-0.1, -0.05) is 12.1 Å². The number of hydrogen-bond acceptors (Lipinski definition) is 5. The van der Waals surface area contributed by atoms with Crippen molar-refractivity contribution < 1.29 is 24.2 Å². The molecule has 7 nitrogen and oxygen atoms in total. The number of carbonyl (C=O) groups excluding carboxylic acids is 1. The molecule has 7 heteroatoms. The second-order valence-electron chi connectivity index (χ2n) is 5.56. The fraction of sp³-hybridized carbons (Fsp3) is 0.529. The fourth-order valence-corrected chi connectivity index (χ4v) is 2.63. The predicted octanol–water partition coefficient (Wildman–Crippen LogP) is 0.877. The minimum absolute atomic E-state index is 0.190. The standard InChI is InChI=1S/C17H24N2O5/c1-2-23-9-10-24-14-5-3-13(4-6-14)12-19-8-7-18-17(22)15(19)11-16(20)21/h3-6,15H,2,7-12H2,1H3,(H,18,22)(H,20,21). The topological polar surface area (TPSA) is 88.1 Å². The third-order valence-electron chi connectivity index (χ3n) is 3.82. The molecule has 2 rings (SSSR count). The molecule has 2 N–H and O–H groups in total. The zero-order valence-electron chi connectivity index (χ0n) is 13.9. The summed E-state index contributed by atoms with van der Waals surface area (Å²) < 4.78 is 10.8. The highest BCUT2D eigenvalue weighted by molar-refractivity contribution is 5.86. The summed E-state index contributed by atoms with van der Waals surface area (Å²) in [5.74, 6) is -0.434. The van der Waals surface area contributed by atoms with Crippen LogP contribution in [0.1, 0.15) is 18.9 Å². The lowest BCUT2D eigenvalue weighted by atomic mass is 10.1. The van der Waals surface area contributed by atoms with Gasteiger partial charge in [0.1, 0.15) is 18.4 Å². The van der Waals surface area contributed by atoms with Crippen LogP contribution in [0.2, 0.25) is 0 Å². The first kappa shape index (κ1) is 18.2. The molecule has 1 atom stereocenters. The molecule has 0 saturated carbocycles. The summed E-state index contributed by atoms with van der Waals surface area (Å²) in [7, 11) is 0. The molecule has 1 heterocycles. The Kier molecular flexibility index (Phi) is 7.02. The lowest BCUT2D eigenvalue weighted by Gasteiger charge is -2.34. The van der Waals surface area contributed by atoms with Crippen LogP contribution in [-0.2, 0) is 20.9 Å². The SMILES string of the molecule is CCOCCOc1ccc(CN2CCNC(=O)C2CC(=O)O)cc1. The Hall–Kier alpha value is -2.12. The zero-order chi connectivity index (χ0) is 17.4. The predicted molar refractivity (Wildman–Crippen MR) is 87.9 cm³/mol. The quantitative estimate of drug-likeness (QED) is 0.651.